The van der Waals surface area contributed by atoms with Crippen molar-refractivity contribution < 1.29 is 18.7 Å². The van der Waals surface area contributed by atoms with E-state index in [4.69, 9.17) is 5.11 Å². The molecule has 0 aliphatic heterocycles. The maximum atomic E-state index is 12.8. The largest absolute Gasteiger partial charge is 0.477 e. The number of halogens is 2. The smallest absolute Gasteiger partial charge is 0.341 e. The summed E-state index contributed by atoms with van der Waals surface area (Å²) in [7, 11) is 0. The van der Waals surface area contributed by atoms with Gasteiger partial charge in [-0.25, -0.2) is 9.78 Å². The maximum absolute atomic E-state index is 12.8. The van der Waals surface area contributed by atoms with E-state index in [0.29, 0.717) is 15.8 Å². The molecule has 0 aliphatic rings. The van der Waals surface area contributed by atoms with Crippen LogP contribution in [0.15, 0.2) is 23.3 Å². The van der Waals surface area contributed by atoms with Gasteiger partial charge in [0, 0.05) is 18.1 Å². The molecule has 1 N–H and O–H groups in total. The first kappa shape index (κ1) is 14.9. The normalized spacial score (nSPS) is 11.1. The van der Waals surface area contributed by atoms with Crippen molar-refractivity contribution in [2.24, 2.45) is 0 Å². The molecule has 0 unspecified atom stereocenters. The number of alkyl halides is 2. The van der Waals surface area contributed by atoms with Crippen molar-refractivity contribution in [2.75, 3.05) is 0 Å². The number of carbonyl (C=O) groups is 1. The number of aromatic nitrogens is 3. The second-order valence-corrected chi connectivity index (χ2v) is 4.57. The van der Waals surface area contributed by atoms with Gasteiger partial charge in [0.25, 0.3) is 5.56 Å². The molecular weight excluding hydrogens is 284 g/mol. The molecule has 0 atom stereocenters. The molecule has 2 rings (SSSR count). The van der Waals surface area contributed by atoms with Crippen LogP contribution in [0.4, 0.5) is 8.78 Å². The second kappa shape index (κ2) is 5.47. The molecule has 0 aliphatic carbocycles. The summed E-state index contributed by atoms with van der Waals surface area (Å²) in [4.78, 5) is 27.1. The Morgan fingerprint density at radius 3 is 2.67 bits per heavy atom. The van der Waals surface area contributed by atoms with Gasteiger partial charge in [-0.2, -0.15) is 8.78 Å². The van der Waals surface area contributed by atoms with Crippen LogP contribution in [-0.2, 0) is 6.54 Å². The molecule has 0 radical (unpaired) electrons. The molecule has 6 nitrogen and oxygen atoms in total. The monoisotopic (exact) mass is 297 g/mol. The molecule has 0 aromatic carbocycles. The Labute approximate surface area is 118 Å². The van der Waals surface area contributed by atoms with Crippen molar-refractivity contribution in [3.05, 3.63) is 51.5 Å². The Bertz CT molecular complexity index is 750. The lowest BCUT2D eigenvalue weighted by molar-refractivity contribution is 0.0661. The third-order valence-corrected chi connectivity index (χ3v) is 3.18. The quantitative estimate of drug-likeness (QED) is 0.933. The van der Waals surface area contributed by atoms with Crippen LogP contribution in [0, 0.1) is 13.8 Å². The van der Waals surface area contributed by atoms with Gasteiger partial charge in [-0.1, -0.05) is 0 Å². The summed E-state index contributed by atoms with van der Waals surface area (Å²) in [6, 6.07) is 1.53. The van der Waals surface area contributed by atoms with Crippen LogP contribution in [0.3, 0.4) is 0 Å². The number of nitrogens with zero attached hydrogens (tertiary/aromatic N) is 3. The number of carboxylic acid groups (broad SMARTS) is 1. The number of carboxylic acids is 1. The van der Waals surface area contributed by atoms with Crippen LogP contribution in [0.25, 0.3) is 0 Å². The summed E-state index contributed by atoms with van der Waals surface area (Å²) in [6.07, 6.45) is 2.31. The predicted octanol–water partition coefficient (Wildman–Crippen LogP) is 1.80. The molecule has 2 aromatic heterocycles. The van der Waals surface area contributed by atoms with E-state index in [-0.39, 0.29) is 17.9 Å². The average molecular weight is 297 g/mol. The van der Waals surface area contributed by atoms with Crippen molar-refractivity contribution in [1.29, 1.82) is 0 Å². The third kappa shape index (κ3) is 2.69. The van der Waals surface area contributed by atoms with E-state index in [2.05, 4.69) is 4.98 Å². The van der Waals surface area contributed by atoms with Gasteiger partial charge in [0.15, 0.2) is 0 Å². The molecule has 0 bridgehead atoms. The molecule has 2 aromatic rings. The zero-order valence-electron chi connectivity index (χ0n) is 11.4. The van der Waals surface area contributed by atoms with E-state index in [9.17, 15) is 18.4 Å². The van der Waals surface area contributed by atoms with E-state index < -0.39 is 18.1 Å². The van der Waals surface area contributed by atoms with Crippen LogP contribution < -0.4 is 5.56 Å². The lowest BCUT2D eigenvalue weighted by atomic mass is 10.1. The first-order valence-electron chi connectivity index (χ1n) is 6.07. The molecular formula is C13H13F2N3O3. The summed E-state index contributed by atoms with van der Waals surface area (Å²) < 4.78 is 27.3. The van der Waals surface area contributed by atoms with Crippen LogP contribution in [0.2, 0.25) is 0 Å². The van der Waals surface area contributed by atoms with Crippen molar-refractivity contribution in [2.45, 2.75) is 26.9 Å². The molecule has 0 fully saturated rings. The van der Waals surface area contributed by atoms with E-state index in [1.165, 1.54) is 19.2 Å². The van der Waals surface area contributed by atoms with Crippen LogP contribution in [0.5, 0.6) is 0 Å². The fourth-order valence-corrected chi connectivity index (χ4v) is 2.17. The fourth-order valence-electron chi connectivity index (χ4n) is 2.17. The van der Waals surface area contributed by atoms with Crippen LogP contribution in [0.1, 0.15) is 34.0 Å². The van der Waals surface area contributed by atoms with Gasteiger partial charge in [-0.15, -0.1) is 0 Å². The summed E-state index contributed by atoms with van der Waals surface area (Å²) in [6.45, 7) is 0.128. The summed E-state index contributed by atoms with van der Waals surface area (Å²) in [5.74, 6) is -1.36. The first-order valence-corrected chi connectivity index (χ1v) is 6.07. The number of hydrogen-bond donors (Lipinski definition) is 1. The molecule has 2 heterocycles. The zero-order chi connectivity index (χ0) is 15.7. The Balaban J connectivity index is 2.55. The zero-order valence-corrected chi connectivity index (χ0v) is 11.4. The van der Waals surface area contributed by atoms with Crippen molar-refractivity contribution in [3.63, 3.8) is 0 Å². The number of aryl methyl sites for hydroxylation is 2. The second-order valence-electron chi connectivity index (χ2n) is 4.57. The average Bonchev–Trinajstić information content (AvgIpc) is 2.81. The van der Waals surface area contributed by atoms with Crippen LogP contribution >= 0.6 is 0 Å². The number of imidazole rings is 1. The van der Waals surface area contributed by atoms with Crippen LogP contribution in [-0.4, -0.2) is 25.2 Å². The molecule has 112 valence electrons. The molecule has 0 spiro atoms. The Hall–Kier alpha value is -2.51. The third-order valence-electron chi connectivity index (χ3n) is 3.18. The number of hydrogen-bond acceptors (Lipinski definition) is 3. The van der Waals surface area contributed by atoms with Gasteiger partial charge in [0.2, 0.25) is 0 Å². The minimum Gasteiger partial charge on any atom is -0.477 e. The number of aromatic carboxylic acids is 1. The van der Waals surface area contributed by atoms with Crippen molar-refractivity contribution >= 4 is 5.97 Å². The highest BCUT2D eigenvalue weighted by Crippen LogP contribution is 2.14. The van der Waals surface area contributed by atoms with Crippen molar-refractivity contribution in [1.82, 2.24) is 14.1 Å². The van der Waals surface area contributed by atoms with E-state index in [1.807, 2.05) is 0 Å². The fraction of sp³-hybridized carbons (Fsp3) is 0.308. The minimum atomic E-state index is -2.78. The molecule has 0 saturated carbocycles. The molecule has 0 amide bonds. The standard InChI is InChI=1S/C13H13F2N3O3/c1-7-5-8(2)18(11(19)10(7)12(20)21)6-9-16-3-4-17(9)13(14)15/h3-5,13H,6H2,1-2H3,(H,20,21). The Kier molecular flexibility index (Phi) is 3.88. The first-order chi connectivity index (χ1) is 9.82. The highest BCUT2D eigenvalue weighted by molar-refractivity contribution is 5.88. The Morgan fingerprint density at radius 2 is 2.10 bits per heavy atom. The summed E-state index contributed by atoms with van der Waals surface area (Å²) in [5.41, 5.74) is -0.288. The maximum Gasteiger partial charge on any atom is 0.341 e. The van der Waals surface area contributed by atoms with E-state index >= 15 is 0 Å². The van der Waals surface area contributed by atoms with E-state index in [1.54, 1.807) is 6.92 Å². The topological polar surface area (TPSA) is 77.1 Å². The minimum absolute atomic E-state index is 0.0182. The van der Waals surface area contributed by atoms with Gasteiger partial charge >= 0.3 is 12.5 Å². The lowest BCUT2D eigenvalue weighted by Crippen LogP contribution is -2.30. The van der Waals surface area contributed by atoms with Gasteiger partial charge in [-0.3, -0.25) is 9.36 Å². The highest BCUT2D eigenvalue weighted by Gasteiger charge is 2.19. The van der Waals surface area contributed by atoms with Crippen molar-refractivity contribution in [3.8, 4) is 0 Å². The predicted molar refractivity (Wildman–Crippen MR) is 69.7 cm³/mol. The SMILES string of the molecule is Cc1cc(C)n(Cc2nccn2C(F)F)c(=O)c1C(=O)O. The molecule has 21 heavy (non-hydrogen) atoms. The highest BCUT2D eigenvalue weighted by atomic mass is 19.3. The van der Waals surface area contributed by atoms with Gasteiger partial charge in [-0.05, 0) is 25.5 Å². The number of pyridine rings is 1. The lowest BCUT2D eigenvalue weighted by Gasteiger charge is -2.13. The Morgan fingerprint density at radius 1 is 1.43 bits per heavy atom. The van der Waals surface area contributed by atoms with Gasteiger partial charge in [0.05, 0.1) is 6.54 Å². The molecule has 0 saturated heterocycles. The van der Waals surface area contributed by atoms with Gasteiger partial charge in [0.1, 0.15) is 11.4 Å². The summed E-state index contributed by atoms with van der Waals surface area (Å²) in [5, 5.41) is 9.08. The number of rotatable bonds is 4. The van der Waals surface area contributed by atoms with E-state index in [0.717, 1.165) is 10.8 Å². The molecule has 8 heteroatoms. The van der Waals surface area contributed by atoms with Gasteiger partial charge < -0.3 is 9.67 Å². The summed E-state index contributed by atoms with van der Waals surface area (Å²) >= 11 is 0.